The lowest BCUT2D eigenvalue weighted by Crippen LogP contribution is -2.37. The second-order valence-electron chi connectivity index (χ2n) is 3.51. The molecule has 0 bridgehead atoms. The Balaban J connectivity index is 2.70. The van der Waals surface area contributed by atoms with Crippen molar-refractivity contribution in [1.29, 1.82) is 0 Å². The van der Waals surface area contributed by atoms with E-state index in [2.05, 4.69) is 4.98 Å². The van der Waals surface area contributed by atoms with Gasteiger partial charge in [-0.2, -0.15) is 13.2 Å². The predicted octanol–water partition coefficient (Wildman–Crippen LogP) is 1.43. The highest BCUT2D eigenvalue weighted by atomic mass is 19.4. The van der Waals surface area contributed by atoms with E-state index < -0.39 is 25.2 Å². The molecule has 17 heavy (non-hydrogen) atoms. The molecule has 0 aromatic carbocycles. The molecule has 1 rings (SSSR count). The van der Waals surface area contributed by atoms with Crippen LogP contribution in [0.5, 0.6) is 0 Å². The Bertz CT molecular complexity index is 389. The number of halogens is 3. The number of aromatic nitrogens is 1. The van der Waals surface area contributed by atoms with Crippen molar-refractivity contribution in [2.24, 2.45) is 0 Å². The Morgan fingerprint density at radius 3 is 2.65 bits per heavy atom. The second-order valence-corrected chi connectivity index (χ2v) is 3.51. The van der Waals surface area contributed by atoms with Gasteiger partial charge in [0.2, 0.25) is 0 Å². The normalized spacial score (nSPS) is 12.1. The largest absolute Gasteiger partial charge is 0.480 e. The number of nitrogens with zero attached hydrogens (tertiary/aromatic N) is 2. The summed E-state index contributed by atoms with van der Waals surface area (Å²) in [6.07, 6.45) is -3.34. The maximum Gasteiger partial charge on any atom is 0.401 e. The number of hydrogen-bond donors (Lipinski definition) is 1. The molecule has 0 aliphatic heterocycles. The van der Waals surface area contributed by atoms with Gasteiger partial charge in [0.05, 0.1) is 18.8 Å². The van der Waals surface area contributed by atoms with Crippen LogP contribution in [0.1, 0.15) is 11.5 Å². The molecule has 0 amide bonds. The first-order valence-corrected chi connectivity index (χ1v) is 4.68. The van der Waals surface area contributed by atoms with E-state index in [1.165, 1.54) is 0 Å². The number of hydrogen-bond acceptors (Lipinski definition) is 4. The molecule has 1 aromatic heterocycles. The number of carboxylic acid groups (broad SMARTS) is 1. The van der Waals surface area contributed by atoms with Gasteiger partial charge in [-0.15, -0.1) is 0 Å². The Morgan fingerprint density at radius 1 is 1.59 bits per heavy atom. The van der Waals surface area contributed by atoms with Crippen LogP contribution in [-0.2, 0) is 11.3 Å². The molecule has 1 heterocycles. The van der Waals surface area contributed by atoms with Crippen molar-refractivity contribution in [2.45, 2.75) is 19.6 Å². The van der Waals surface area contributed by atoms with Crippen molar-refractivity contribution in [3.05, 3.63) is 17.8 Å². The van der Waals surface area contributed by atoms with E-state index in [-0.39, 0.29) is 6.54 Å². The molecule has 1 aromatic rings. The van der Waals surface area contributed by atoms with E-state index in [4.69, 9.17) is 9.52 Å². The van der Waals surface area contributed by atoms with Gasteiger partial charge < -0.3 is 9.52 Å². The number of aliphatic carboxylic acids is 1. The minimum atomic E-state index is -4.45. The third-order valence-electron chi connectivity index (χ3n) is 1.98. The Labute approximate surface area is 94.8 Å². The molecule has 0 fully saturated rings. The van der Waals surface area contributed by atoms with Crippen molar-refractivity contribution < 1.29 is 27.5 Å². The summed E-state index contributed by atoms with van der Waals surface area (Å²) in [5.74, 6) is -0.946. The molecular weight excluding hydrogens is 241 g/mol. The SMILES string of the molecule is Cc1ocnc1CN(CC(=O)O)CC(F)(F)F. The fourth-order valence-corrected chi connectivity index (χ4v) is 1.30. The zero-order valence-corrected chi connectivity index (χ0v) is 8.99. The fourth-order valence-electron chi connectivity index (χ4n) is 1.30. The highest BCUT2D eigenvalue weighted by molar-refractivity contribution is 5.69. The van der Waals surface area contributed by atoms with Gasteiger partial charge in [0.15, 0.2) is 6.39 Å². The van der Waals surface area contributed by atoms with Gasteiger partial charge in [-0.1, -0.05) is 0 Å². The van der Waals surface area contributed by atoms with Gasteiger partial charge in [0, 0.05) is 6.54 Å². The first kappa shape index (κ1) is 13.5. The van der Waals surface area contributed by atoms with Crippen molar-refractivity contribution in [3.8, 4) is 0 Å². The number of carboxylic acids is 1. The van der Waals surface area contributed by atoms with Gasteiger partial charge >= 0.3 is 12.1 Å². The second kappa shape index (κ2) is 5.17. The predicted molar refractivity (Wildman–Crippen MR) is 50.2 cm³/mol. The Hall–Kier alpha value is -1.57. The number of aryl methyl sites for hydroxylation is 1. The average molecular weight is 252 g/mol. The van der Waals surface area contributed by atoms with Crippen LogP contribution in [0.4, 0.5) is 13.2 Å². The van der Waals surface area contributed by atoms with Crippen LogP contribution < -0.4 is 0 Å². The molecular formula is C9H11F3N2O3. The maximum absolute atomic E-state index is 12.2. The lowest BCUT2D eigenvalue weighted by Gasteiger charge is -2.20. The lowest BCUT2D eigenvalue weighted by molar-refractivity contribution is -0.155. The summed E-state index contributed by atoms with van der Waals surface area (Å²) in [6, 6.07) is 0. The van der Waals surface area contributed by atoms with Gasteiger partial charge in [-0.05, 0) is 6.92 Å². The van der Waals surface area contributed by atoms with Crippen LogP contribution in [-0.4, -0.2) is 40.2 Å². The Kier molecular flexibility index (Phi) is 4.11. The monoisotopic (exact) mass is 252 g/mol. The van der Waals surface area contributed by atoms with Gasteiger partial charge in [-0.3, -0.25) is 9.69 Å². The highest BCUT2D eigenvalue weighted by Gasteiger charge is 2.32. The van der Waals surface area contributed by atoms with E-state index in [9.17, 15) is 18.0 Å². The summed E-state index contributed by atoms with van der Waals surface area (Å²) in [5.41, 5.74) is 0.301. The number of alkyl halides is 3. The van der Waals surface area contributed by atoms with Crippen molar-refractivity contribution in [1.82, 2.24) is 9.88 Å². The molecule has 0 atom stereocenters. The summed E-state index contributed by atoms with van der Waals surface area (Å²) in [6.45, 7) is -0.666. The topological polar surface area (TPSA) is 66.6 Å². The maximum atomic E-state index is 12.2. The minimum Gasteiger partial charge on any atom is -0.480 e. The van der Waals surface area contributed by atoms with Crippen LogP contribution in [0.3, 0.4) is 0 Å². The molecule has 96 valence electrons. The zero-order valence-electron chi connectivity index (χ0n) is 8.99. The molecule has 0 unspecified atom stereocenters. The molecule has 0 aliphatic carbocycles. The van der Waals surface area contributed by atoms with E-state index in [0.717, 1.165) is 11.3 Å². The molecule has 8 heteroatoms. The van der Waals surface area contributed by atoms with Crippen molar-refractivity contribution >= 4 is 5.97 Å². The minimum absolute atomic E-state index is 0.214. The van der Waals surface area contributed by atoms with Crippen LogP contribution in [0.25, 0.3) is 0 Å². The number of carbonyl (C=O) groups is 1. The van der Waals surface area contributed by atoms with Crippen LogP contribution in [0.2, 0.25) is 0 Å². The van der Waals surface area contributed by atoms with Crippen LogP contribution in [0, 0.1) is 6.92 Å². The summed E-state index contributed by atoms with van der Waals surface area (Å²) in [7, 11) is 0. The van der Waals surface area contributed by atoms with E-state index in [1.54, 1.807) is 6.92 Å². The van der Waals surface area contributed by atoms with Gasteiger partial charge in [0.1, 0.15) is 5.76 Å². The summed E-state index contributed by atoms with van der Waals surface area (Å²) < 4.78 is 41.5. The third kappa shape index (κ3) is 4.85. The van der Waals surface area contributed by atoms with Crippen LogP contribution >= 0.6 is 0 Å². The van der Waals surface area contributed by atoms with E-state index in [0.29, 0.717) is 11.5 Å². The average Bonchev–Trinajstić information content (AvgIpc) is 2.47. The Morgan fingerprint density at radius 2 is 2.24 bits per heavy atom. The quantitative estimate of drug-likeness (QED) is 0.858. The van der Waals surface area contributed by atoms with Crippen LogP contribution in [0.15, 0.2) is 10.8 Å². The number of rotatable bonds is 5. The molecule has 0 aliphatic rings. The number of oxazole rings is 1. The lowest BCUT2D eigenvalue weighted by atomic mass is 10.3. The summed E-state index contributed by atoms with van der Waals surface area (Å²) in [5, 5.41) is 8.53. The molecule has 0 spiro atoms. The first-order chi connectivity index (χ1) is 7.78. The molecule has 0 saturated heterocycles. The molecule has 0 radical (unpaired) electrons. The summed E-state index contributed by atoms with van der Waals surface area (Å²) >= 11 is 0. The molecule has 0 saturated carbocycles. The standard InChI is InChI=1S/C9H11F3N2O3/c1-6-7(13-5-17-6)2-14(3-8(15)16)4-9(10,11)12/h5H,2-4H2,1H3,(H,15,16). The fraction of sp³-hybridized carbons (Fsp3) is 0.556. The van der Waals surface area contributed by atoms with Crippen molar-refractivity contribution in [2.75, 3.05) is 13.1 Å². The smallest absolute Gasteiger partial charge is 0.401 e. The highest BCUT2D eigenvalue weighted by Crippen LogP contribution is 2.18. The first-order valence-electron chi connectivity index (χ1n) is 4.68. The molecule has 5 nitrogen and oxygen atoms in total. The van der Waals surface area contributed by atoms with E-state index in [1.807, 2.05) is 0 Å². The summed E-state index contributed by atoms with van der Waals surface area (Å²) in [4.78, 5) is 14.9. The zero-order chi connectivity index (χ0) is 13.1. The molecule has 1 N–H and O–H groups in total. The van der Waals surface area contributed by atoms with Crippen molar-refractivity contribution in [3.63, 3.8) is 0 Å². The van der Waals surface area contributed by atoms with Gasteiger partial charge in [0.25, 0.3) is 0 Å². The van der Waals surface area contributed by atoms with E-state index >= 15 is 0 Å². The van der Waals surface area contributed by atoms with Gasteiger partial charge in [-0.25, -0.2) is 4.98 Å². The third-order valence-corrected chi connectivity index (χ3v) is 1.98.